The van der Waals surface area contributed by atoms with Crippen molar-refractivity contribution in [1.82, 2.24) is 5.32 Å². The smallest absolute Gasteiger partial charge is 0.381 e. The van der Waals surface area contributed by atoms with Crippen molar-refractivity contribution in [2.75, 3.05) is 19.8 Å². The van der Waals surface area contributed by atoms with Gasteiger partial charge in [-0.1, -0.05) is 12.8 Å². The third kappa shape index (κ3) is 7.73. The lowest BCUT2D eigenvalue weighted by molar-refractivity contribution is -0.184. The summed E-state index contributed by atoms with van der Waals surface area (Å²) in [5.41, 5.74) is 0. The van der Waals surface area contributed by atoms with Gasteiger partial charge in [-0.3, -0.25) is 9.59 Å². The molecular formula is C27H40Cl2F3NO3S. The van der Waals surface area contributed by atoms with Gasteiger partial charge in [-0.15, -0.1) is 23.2 Å². The van der Waals surface area contributed by atoms with Crippen molar-refractivity contribution < 1.29 is 27.5 Å². The summed E-state index contributed by atoms with van der Waals surface area (Å²) in [6.07, 6.45) is 4.00. The molecule has 1 amide bonds. The van der Waals surface area contributed by atoms with E-state index < -0.39 is 23.4 Å². The maximum atomic E-state index is 13.3. The normalized spacial score (nSPS) is 38.7. The first-order valence-corrected chi connectivity index (χ1v) is 15.8. The Morgan fingerprint density at radius 3 is 2.49 bits per heavy atom. The van der Waals surface area contributed by atoms with Crippen molar-refractivity contribution in [3.8, 4) is 0 Å². The van der Waals surface area contributed by atoms with Crippen molar-refractivity contribution in [2.45, 2.75) is 104 Å². The minimum atomic E-state index is -4.36. The van der Waals surface area contributed by atoms with Crippen LogP contribution in [0.1, 0.15) is 77.0 Å². The quantitative estimate of drug-likeness (QED) is 0.240. The largest absolute Gasteiger partial charge is 0.393 e. The number of ether oxygens (including phenoxy) is 1. The molecule has 37 heavy (non-hydrogen) atoms. The van der Waals surface area contributed by atoms with Gasteiger partial charge in [0.25, 0.3) is 0 Å². The number of nitrogens with one attached hydrogen (secondary N) is 1. The Hall–Kier alpha value is -0.180. The van der Waals surface area contributed by atoms with E-state index in [-0.39, 0.29) is 47.0 Å². The molecule has 0 radical (unpaired) electrons. The highest BCUT2D eigenvalue weighted by molar-refractivity contribution is 8.00. The number of alkyl halides is 5. The van der Waals surface area contributed by atoms with Crippen LogP contribution in [0.4, 0.5) is 13.2 Å². The molecule has 7 unspecified atom stereocenters. The molecule has 2 saturated carbocycles. The number of carbonyl (C=O) groups is 2. The van der Waals surface area contributed by atoms with Gasteiger partial charge in [-0.2, -0.15) is 24.9 Å². The van der Waals surface area contributed by atoms with Crippen LogP contribution in [0, 0.1) is 29.6 Å². The van der Waals surface area contributed by atoms with Gasteiger partial charge < -0.3 is 10.1 Å². The van der Waals surface area contributed by atoms with Gasteiger partial charge in [0.15, 0.2) is 0 Å². The zero-order valence-electron chi connectivity index (χ0n) is 21.3. The van der Waals surface area contributed by atoms with E-state index >= 15 is 0 Å². The molecule has 0 bridgehead atoms. The number of amides is 1. The summed E-state index contributed by atoms with van der Waals surface area (Å²) in [5.74, 6) is -1.74. The van der Waals surface area contributed by atoms with Crippen LogP contribution >= 0.6 is 35.0 Å². The first kappa shape index (κ1) is 29.8. The first-order chi connectivity index (χ1) is 17.6. The number of thioether (sulfide) groups is 1. The second-order valence-electron chi connectivity index (χ2n) is 11.5. The van der Waals surface area contributed by atoms with Crippen LogP contribution < -0.4 is 5.32 Å². The molecule has 2 aliphatic carbocycles. The van der Waals surface area contributed by atoms with Crippen LogP contribution in [0.25, 0.3) is 0 Å². The second kappa shape index (κ2) is 13.5. The Morgan fingerprint density at radius 1 is 1.00 bits per heavy atom. The number of ketones is 1. The summed E-state index contributed by atoms with van der Waals surface area (Å²) in [6.45, 7) is 2.04. The van der Waals surface area contributed by atoms with E-state index in [4.69, 9.17) is 27.9 Å². The number of carbonyl (C=O) groups excluding carboxylic acids is 2. The van der Waals surface area contributed by atoms with Gasteiger partial charge in [0.1, 0.15) is 5.78 Å². The molecule has 2 aliphatic heterocycles. The summed E-state index contributed by atoms with van der Waals surface area (Å²) in [4.78, 5) is 26.1. The number of unbranched alkanes of at least 4 members (excludes halogenated alkanes) is 1. The Bertz CT molecular complexity index is 780. The predicted molar refractivity (Wildman–Crippen MR) is 142 cm³/mol. The predicted octanol–water partition coefficient (Wildman–Crippen LogP) is 6.75. The molecule has 2 heterocycles. The standard InChI is InChI=1S/C27H40Cl2F3NO3S/c28-17-10-8-16(9-11-17)14-33-26(35)24-19-15-36-13-12-22(19)37-23(24)7-2-1-6-21(34)18-4-3-5-20(25(18)29)27(30,31)32/h16-20,22-25H,1-15H2,(H,33,35). The van der Waals surface area contributed by atoms with Crippen LogP contribution in [0.15, 0.2) is 0 Å². The fourth-order valence-corrected chi connectivity index (χ4v) is 9.51. The lowest BCUT2D eigenvalue weighted by Crippen LogP contribution is -2.43. The Balaban J connectivity index is 1.26. The molecule has 0 aromatic rings. The third-order valence-electron chi connectivity index (χ3n) is 8.98. The highest BCUT2D eigenvalue weighted by Gasteiger charge is 2.50. The molecule has 7 atom stereocenters. The third-order valence-corrected chi connectivity index (χ3v) is 11.8. The number of halogens is 5. The minimum absolute atomic E-state index is 0.00379. The van der Waals surface area contributed by atoms with Crippen LogP contribution in [-0.2, 0) is 14.3 Å². The van der Waals surface area contributed by atoms with Crippen LogP contribution in [0.2, 0.25) is 0 Å². The number of rotatable bonds is 9. The van der Waals surface area contributed by atoms with Crippen molar-refractivity contribution in [1.29, 1.82) is 0 Å². The van der Waals surface area contributed by atoms with E-state index in [1.54, 1.807) is 0 Å². The molecule has 10 heteroatoms. The molecule has 0 aromatic carbocycles. The lowest BCUT2D eigenvalue weighted by atomic mass is 9.77. The average molecular weight is 587 g/mol. The molecule has 4 fully saturated rings. The maximum absolute atomic E-state index is 13.3. The highest BCUT2D eigenvalue weighted by Crippen LogP contribution is 2.49. The fraction of sp³-hybridized carbons (Fsp3) is 0.926. The molecule has 212 valence electrons. The fourth-order valence-electron chi connectivity index (χ4n) is 6.80. The van der Waals surface area contributed by atoms with Crippen LogP contribution in [0.5, 0.6) is 0 Å². The molecule has 1 N–H and O–H groups in total. The summed E-state index contributed by atoms with van der Waals surface area (Å²) in [6, 6.07) is 0. The number of Topliss-reactive ketones (excluding diaryl/α,β-unsaturated/α-hetero) is 1. The van der Waals surface area contributed by atoms with E-state index in [9.17, 15) is 22.8 Å². The van der Waals surface area contributed by atoms with E-state index in [2.05, 4.69) is 5.32 Å². The van der Waals surface area contributed by atoms with E-state index in [1.165, 1.54) is 0 Å². The Kier molecular flexibility index (Phi) is 10.8. The number of fused-ring (bicyclic) bond motifs is 1. The van der Waals surface area contributed by atoms with Crippen LogP contribution in [0.3, 0.4) is 0 Å². The zero-order valence-corrected chi connectivity index (χ0v) is 23.7. The van der Waals surface area contributed by atoms with Crippen LogP contribution in [-0.4, -0.2) is 58.9 Å². The maximum Gasteiger partial charge on any atom is 0.393 e. The van der Waals surface area contributed by atoms with E-state index in [0.717, 1.165) is 51.6 Å². The molecular weight excluding hydrogens is 546 g/mol. The Morgan fingerprint density at radius 2 is 1.76 bits per heavy atom. The van der Waals surface area contributed by atoms with E-state index in [1.807, 2.05) is 11.8 Å². The molecule has 4 aliphatic rings. The zero-order chi connectivity index (χ0) is 26.6. The lowest BCUT2D eigenvalue weighted by Gasteiger charge is -2.34. The van der Waals surface area contributed by atoms with Gasteiger partial charge >= 0.3 is 6.18 Å². The summed E-state index contributed by atoms with van der Waals surface area (Å²) in [7, 11) is 0. The van der Waals surface area contributed by atoms with Crippen molar-refractivity contribution in [2.24, 2.45) is 29.6 Å². The monoisotopic (exact) mass is 585 g/mol. The number of hydrogen-bond acceptors (Lipinski definition) is 4. The van der Waals surface area contributed by atoms with E-state index in [0.29, 0.717) is 43.6 Å². The van der Waals surface area contributed by atoms with Gasteiger partial charge in [-0.05, 0) is 63.7 Å². The molecule has 4 nitrogen and oxygen atoms in total. The van der Waals surface area contributed by atoms with Gasteiger partial charge in [0, 0.05) is 47.3 Å². The van der Waals surface area contributed by atoms with Gasteiger partial charge in [0.05, 0.1) is 23.8 Å². The van der Waals surface area contributed by atoms with Crippen molar-refractivity contribution in [3.05, 3.63) is 0 Å². The average Bonchev–Trinajstić information content (AvgIpc) is 3.24. The molecule has 0 spiro atoms. The van der Waals surface area contributed by atoms with Gasteiger partial charge in [0.2, 0.25) is 5.91 Å². The summed E-state index contributed by atoms with van der Waals surface area (Å²) >= 11 is 14.3. The van der Waals surface area contributed by atoms with Gasteiger partial charge in [-0.25, -0.2) is 0 Å². The number of hydrogen-bond donors (Lipinski definition) is 1. The molecule has 2 saturated heterocycles. The Labute approximate surface area is 232 Å². The summed E-state index contributed by atoms with van der Waals surface area (Å²) < 4.78 is 45.5. The molecule has 0 aromatic heterocycles. The second-order valence-corrected chi connectivity index (χ2v) is 14.1. The SMILES string of the molecule is O=C(CCCCC1SC2CCOCC2C1C(=O)NCC1CCC(Cl)CC1)C1CCCC(C(F)(F)F)C1Cl. The van der Waals surface area contributed by atoms with Crippen molar-refractivity contribution in [3.63, 3.8) is 0 Å². The topological polar surface area (TPSA) is 55.4 Å². The molecule has 4 rings (SSSR count). The minimum Gasteiger partial charge on any atom is -0.381 e. The van der Waals surface area contributed by atoms with Crippen molar-refractivity contribution >= 4 is 46.7 Å². The first-order valence-electron chi connectivity index (χ1n) is 14.0. The highest BCUT2D eigenvalue weighted by atomic mass is 35.5. The summed E-state index contributed by atoms with van der Waals surface area (Å²) in [5, 5.41) is 2.92.